The maximum absolute atomic E-state index is 13.0. The monoisotopic (exact) mass is 519 g/mol. The zero-order valence-corrected chi connectivity index (χ0v) is 19.0. The summed E-state index contributed by atoms with van der Waals surface area (Å²) in [5, 5.41) is 0. The number of carbonyl (C=O) groups excluding carboxylic acids is 1. The molecule has 1 aliphatic rings. The van der Waals surface area contributed by atoms with Crippen molar-refractivity contribution < 1.29 is 26.4 Å². The Morgan fingerprint density at radius 2 is 1.71 bits per heavy atom. The van der Waals surface area contributed by atoms with Crippen LogP contribution in [0.2, 0.25) is 0 Å². The Hall–Kier alpha value is -2.27. The SMILES string of the molecule is CS(=O)(=O)N(CC(=O)N1CCN(c2cccc(C(F)(F)F)c2)CC1)c1ccccc1Br. The molecule has 0 spiro atoms. The molecule has 0 aliphatic carbocycles. The first-order valence-corrected chi connectivity index (χ1v) is 12.0. The predicted molar refractivity (Wildman–Crippen MR) is 117 cm³/mol. The average Bonchev–Trinajstić information content (AvgIpc) is 2.71. The molecule has 0 bridgehead atoms. The summed E-state index contributed by atoms with van der Waals surface area (Å²) >= 11 is 3.31. The molecule has 2 aromatic carbocycles. The highest BCUT2D eigenvalue weighted by Crippen LogP contribution is 2.32. The average molecular weight is 520 g/mol. The number of sulfonamides is 1. The largest absolute Gasteiger partial charge is 0.416 e. The first-order chi connectivity index (χ1) is 14.5. The van der Waals surface area contributed by atoms with Crippen molar-refractivity contribution in [3.63, 3.8) is 0 Å². The molecule has 1 heterocycles. The fraction of sp³-hybridized carbons (Fsp3) is 0.350. The van der Waals surface area contributed by atoms with Gasteiger partial charge in [-0.15, -0.1) is 0 Å². The molecule has 1 fully saturated rings. The van der Waals surface area contributed by atoms with Crippen molar-refractivity contribution in [2.75, 3.05) is 48.2 Å². The van der Waals surface area contributed by atoms with Crippen LogP contribution in [0.25, 0.3) is 0 Å². The molecule has 11 heteroatoms. The minimum absolute atomic E-state index is 0.280. The number of piperazine rings is 1. The van der Waals surface area contributed by atoms with Crippen LogP contribution in [0.1, 0.15) is 5.56 Å². The summed E-state index contributed by atoms with van der Waals surface area (Å²) in [5.74, 6) is -0.370. The number of rotatable bonds is 5. The van der Waals surface area contributed by atoms with Gasteiger partial charge in [0.05, 0.1) is 17.5 Å². The Morgan fingerprint density at radius 3 is 2.29 bits per heavy atom. The number of carbonyl (C=O) groups is 1. The Balaban J connectivity index is 1.68. The third-order valence-electron chi connectivity index (χ3n) is 4.97. The molecule has 2 aromatic rings. The molecule has 0 saturated carbocycles. The zero-order valence-electron chi connectivity index (χ0n) is 16.6. The van der Waals surface area contributed by atoms with Crippen molar-refractivity contribution >= 4 is 43.2 Å². The van der Waals surface area contributed by atoms with E-state index in [1.807, 2.05) is 0 Å². The van der Waals surface area contributed by atoms with E-state index in [-0.39, 0.29) is 25.5 Å². The number of nitrogens with zero attached hydrogens (tertiary/aromatic N) is 3. The fourth-order valence-corrected chi connectivity index (χ4v) is 4.83. The number of para-hydroxylation sites is 1. The number of halogens is 4. The summed E-state index contributed by atoms with van der Waals surface area (Å²) in [7, 11) is -3.71. The van der Waals surface area contributed by atoms with E-state index >= 15 is 0 Å². The summed E-state index contributed by atoms with van der Waals surface area (Å²) in [5.41, 5.74) is 0.0783. The van der Waals surface area contributed by atoms with Gasteiger partial charge in [-0.3, -0.25) is 9.10 Å². The van der Waals surface area contributed by atoms with Crippen molar-refractivity contribution in [3.05, 3.63) is 58.6 Å². The van der Waals surface area contributed by atoms with E-state index in [1.165, 1.54) is 11.0 Å². The molecule has 0 N–H and O–H groups in total. The molecule has 0 atom stereocenters. The fourth-order valence-electron chi connectivity index (χ4n) is 3.35. The van der Waals surface area contributed by atoms with E-state index in [2.05, 4.69) is 15.9 Å². The van der Waals surface area contributed by atoms with E-state index in [0.29, 0.717) is 28.9 Å². The van der Waals surface area contributed by atoms with E-state index in [4.69, 9.17) is 0 Å². The lowest BCUT2D eigenvalue weighted by atomic mass is 10.1. The van der Waals surface area contributed by atoms with Crippen molar-refractivity contribution in [3.8, 4) is 0 Å². The van der Waals surface area contributed by atoms with Crippen LogP contribution >= 0.6 is 15.9 Å². The standard InChI is InChI=1S/C20H21BrF3N3O3S/c1-31(29,30)27(18-8-3-2-7-17(18)21)14-19(28)26-11-9-25(10-12-26)16-6-4-5-15(13-16)20(22,23)24/h2-8,13H,9-12,14H2,1H3. The minimum Gasteiger partial charge on any atom is -0.368 e. The van der Waals surface area contributed by atoms with Gasteiger partial charge in [-0.05, 0) is 46.3 Å². The summed E-state index contributed by atoms with van der Waals surface area (Å²) in [4.78, 5) is 16.1. The van der Waals surface area contributed by atoms with Gasteiger partial charge < -0.3 is 9.80 Å². The number of alkyl halides is 3. The number of hydrogen-bond acceptors (Lipinski definition) is 4. The van der Waals surface area contributed by atoms with Gasteiger partial charge in [0.25, 0.3) is 0 Å². The lowest BCUT2D eigenvalue weighted by Gasteiger charge is -2.37. The van der Waals surface area contributed by atoms with E-state index in [0.717, 1.165) is 22.7 Å². The Kier molecular flexibility index (Phi) is 6.85. The second kappa shape index (κ2) is 9.07. The van der Waals surface area contributed by atoms with Gasteiger partial charge in [0, 0.05) is 36.3 Å². The van der Waals surface area contributed by atoms with E-state index in [9.17, 15) is 26.4 Å². The minimum atomic E-state index is -4.42. The summed E-state index contributed by atoms with van der Waals surface area (Å²) in [6.07, 6.45) is -3.39. The van der Waals surface area contributed by atoms with Crippen LogP contribution in [0, 0.1) is 0 Å². The number of anilines is 2. The Labute approximate surface area is 187 Å². The molecule has 3 rings (SSSR count). The van der Waals surface area contributed by atoms with Crippen molar-refractivity contribution in [2.24, 2.45) is 0 Å². The normalized spacial score (nSPS) is 15.1. The van der Waals surface area contributed by atoms with Crippen LogP contribution in [-0.2, 0) is 21.0 Å². The van der Waals surface area contributed by atoms with Gasteiger partial charge in [0.15, 0.2) is 0 Å². The van der Waals surface area contributed by atoms with Crippen LogP contribution in [0.3, 0.4) is 0 Å². The van der Waals surface area contributed by atoms with Crippen molar-refractivity contribution in [1.82, 2.24) is 4.90 Å². The van der Waals surface area contributed by atoms with E-state index in [1.54, 1.807) is 35.2 Å². The lowest BCUT2D eigenvalue weighted by Crippen LogP contribution is -2.52. The van der Waals surface area contributed by atoms with Crippen molar-refractivity contribution in [2.45, 2.75) is 6.18 Å². The first-order valence-electron chi connectivity index (χ1n) is 9.39. The quantitative estimate of drug-likeness (QED) is 0.605. The van der Waals surface area contributed by atoms with Gasteiger partial charge in [0.1, 0.15) is 6.54 Å². The second-order valence-electron chi connectivity index (χ2n) is 7.14. The third-order valence-corrected chi connectivity index (χ3v) is 6.77. The summed E-state index contributed by atoms with van der Waals surface area (Å²) < 4.78 is 65.0. The topological polar surface area (TPSA) is 60.9 Å². The molecule has 6 nitrogen and oxygen atoms in total. The third kappa shape index (κ3) is 5.70. The molecule has 0 aromatic heterocycles. The van der Waals surface area contributed by atoms with Gasteiger partial charge in [0.2, 0.25) is 15.9 Å². The molecule has 1 amide bonds. The van der Waals surface area contributed by atoms with Gasteiger partial charge in [-0.25, -0.2) is 8.42 Å². The maximum atomic E-state index is 13.0. The molecule has 168 valence electrons. The van der Waals surface area contributed by atoms with Gasteiger partial charge in [-0.2, -0.15) is 13.2 Å². The Morgan fingerprint density at radius 1 is 1.06 bits per heavy atom. The molecule has 0 unspecified atom stereocenters. The summed E-state index contributed by atoms with van der Waals surface area (Å²) in [6.45, 7) is 0.901. The highest BCUT2D eigenvalue weighted by Gasteiger charge is 2.32. The number of benzene rings is 2. The molecular weight excluding hydrogens is 499 g/mol. The maximum Gasteiger partial charge on any atom is 0.416 e. The van der Waals surface area contributed by atoms with Crippen LogP contribution in [-0.4, -0.2) is 58.2 Å². The summed E-state index contributed by atoms with van der Waals surface area (Å²) in [6, 6.07) is 11.8. The van der Waals surface area contributed by atoms with E-state index < -0.39 is 21.8 Å². The second-order valence-corrected chi connectivity index (χ2v) is 9.90. The smallest absolute Gasteiger partial charge is 0.368 e. The molecule has 1 saturated heterocycles. The molecule has 31 heavy (non-hydrogen) atoms. The lowest BCUT2D eigenvalue weighted by molar-refractivity contribution is -0.137. The highest BCUT2D eigenvalue weighted by atomic mass is 79.9. The number of hydrogen-bond donors (Lipinski definition) is 0. The predicted octanol–water partition coefficient (Wildman–Crippen LogP) is 3.58. The molecular formula is C20H21BrF3N3O3S. The molecule has 1 aliphatic heterocycles. The zero-order chi connectivity index (χ0) is 22.8. The van der Waals surface area contributed by atoms with Crippen LogP contribution < -0.4 is 9.21 Å². The van der Waals surface area contributed by atoms with Crippen molar-refractivity contribution in [1.29, 1.82) is 0 Å². The van der Waals surface area contributed by atoms with Crippen LogP contribution in [0.4, 0.5) is 24.5 Å². The molecule has 0 radical (unpaired) electrons. The van der Waals surface area contributed by atoms with Gasteiger partial charge in [-0.1, -0.05) is 18.2 Å². The highest BCUT2D eigenvalue weighted by molar-refractivity contribution is 9.10. The van der Waals surface area contributed by atoms with Crippen LogP contribution in [0.5, 0.6) is 0 Å². The van der Waals surface area contributed by atoms with Gasteiger partial charge >= 0.3 is 6.18 Å². The first kappa shape index (κ1) is 23.4. The van der Waals surface area contributed by atoms with Crippen LogP contribution in [0.15, 0.2) is 53.0 Å². The number of amides is 1. The Bertz CT molecular complexity index is 1050.